The van der Waals surface area contributed by atoms with E-state index in [0.29, 0.717) is 32.5 Å². The van der Waals surface area contributed by atoms with Crippen LogP contribution in [-0.4, -0.2) is 47.9 Å². The number of alkyl halides is 1. The van der Waals surface area contributed by atoms with Crippen molar-refractivity contribution in [2.45, 2.75) is 57.1 Å². The standard InChI is InChI=1S/C20H29ClN2O4/c1-15(21)26-18(25)23-12-10-20(11-13-23,16-8-6-5-7-9-16)14-22-17(24)27-19(2,3)4/h5-9,15H,10-14H2,1-4H3,(H,22,24). The Labute approximate surface area is 166 Å². The smallest absolute Gasteiger partial charge is 0.411 e. The van der Waals surface area contributed by atoms with E-state index in [-0.39, 0.29) is 5.41 Å². The number of ether oxygens (including phenoxy) is 2. The van der Waals surface area contributed by atoms with Gasteiger partial charge in [-0.3, -0.25) is 0 Å². The molecule has 150 valence electrons. The second-order valence-electron chi connectivity index (χ2n) is 7.92. The molecule has 1 N–H and O–H groups in total. The fraction of sp³-hybridized carbons (Fsp3) is 0.600. The highest BCUT2D eigenvalue weighted by Gasteiger charge is 2.38. The number of rotatable bonds is 4. The number of carbonyl (C=O) groups is 2. The van der Waals surface area contributed by atoms with Gasteiger partial charge in [-0.25, -0.2) is 9.59 Å². The zero-order chi connectivity index (χ0) is 20.1. The van der Waals surface area contributed by atoms with E-state index in [9.17, 15) is 9.59 Å². The fourth-order valence-electron chi connectivity index (χ4n) is 3.25. The molecule has 0 spiro atoms. The number of alkyl carbamates (subject to hydrolysis) is 1. The molecule has 6 nitrogen and oxygen atoms in total. The van der Waals surface area contributed by atoms with Crippen LogP contribution in [0.3, 0.4) is 0 Å². The molecular formula is C20H29ClN2O4. The molecule has 1 fully saturated rings. The Balaban J connectivity index is 2.08. The Morgan fingerprint density at radius 2 is 1.81 bits per heavy atom. The van der Waals surface area contributed by atoms with Gasteiger partial charge in [-0.05, 0) is 46.1 Å². The highest BCUT2D eigenvalue weighted by Crippen LogP contribution is 2.35. The molecule has 7 heteroatoms. The largest absolute Gasteiger partial charge is 0.444 e. The van der Waals surface area contributed by atoms with E-state index in [1.54, 1.807) is 11.8 Å². The molecule has 1 heterocycles. The monoisotopic (exact) mass is 396 g/mol. The Bertz CT molecular complexity index is 635. The summed E-state index contributed by atoms with van der Waals surface area (Å²) in [5.41, 5.74) is -0.330. The second-order valence-corrected chi connectivity index (χ2v) is 8.53. The van der Waals surface area contributed by atoms with Crippen molar-refractivity contribution < 1.29 is 19.1 Å². The van der Waals surface area contributed by atoms with Gasteiger partial charge in [-0.15, -0.1) is 0 Å². The number of piperidine rings is 1. The van der Waals surface area contributed by atoms with Crippen LogP contribution in [0.4, 0.5) is 9.59 Å². The van der Waals surface area contributed by atoms with Crippen molar-refractivity contribution in [3.63, 3.8) is 0 Å². The molecule has 2 rings (SSSR count). The van der Waals surface area contributed by atoms with Gasteiger partial charge in [-0.2, -0.15) is 0 Å². The SMILES string of the molecule is CC(Cl)OC(=O)N1CCC(CNC(=O)OC(C)(C)C)(c2ccccc2)CC1. The van der Waals surface area contributed by atoms with Crippen LogP contribution in [0.15, 0.2) is 30.3 Å². The van der Waals surface area contributed by atoms with Crippen molar-refractivity contribution in [2.24, 2.45) is 0 Å². The maximum Gasteiger partial charge on any atom is 0.411 e. The average Bonchev–Trinajstić information content (AvgIpc) is 2.59. The minimum atomic E-state index is -0.660. The van der Waals surface area contributed by atoms with E-state index >= 15 is 0 Å². The predicted octanol–water partition coefficient (Wildman–Crippen LogP) is 4.27. The molecule has 0 saturated carbocycles. The van der Waals surface area contributed by atoms with Crippen molar-refractivity contribution in [3.8, 4) is 0 Å². The maximum atomic E-state index is 12.1. The molecule has 2 amide bonds. The maximum absolute atomic E-state index is 12.1. The number of carbonyl (C=O) groups excluding carboxylic acids is 2. The van der Waals surface area contributed by atoms with Crippen LogP contribution in [0, 0.1) is 0 Å². The number of amides is 2. The van der Waals surface area contributed by atoms with E-state index in [4.69, 9.17) is 21.1 Å². The summed E-state index contributed by atoms with van der Waals surface area (Å²) in [5, 5.41) is 2.91. The summed E-state index contributed by atoms with van der Waals surface area (Å²) in [5.74, 6) is 0. The quantitative estimate of drug-likeness (QED) is 0.772. The van der Waals surface area contributed by atoms with Crippen LogP contribution in [0.2, 0.25) is 0 Å². The van der Waals surface area contributed by atoms with Crippen molar-refractivity contribution in [3.05, 3.63) is 35.9 Å². The summed E-state index contributed by atoms with van der Waals surface area (Å²) in [6.07, 6.45) is 0.576. The lowest BCUT2D eigenvalue weighted by molar-refractivity contribution is 0.0483. The van der Waals surface area contributed by atoms with Gasteiger partial charge in [0.2, 0.25) is 0 Å². The summed E-state index contributed by atoms with van der Waals surface area (Å²) < 4.78 is 10.4. The molecule has 1 aromatic carbocycles. The van der Waals surface area contributed by atoms with Crippen LogP contribution in [0.25, 0.3) is 0 Å². The third-order valence-electron chi connectivity index (χ3n) is 4.60. The van der Waals surface area contributed by atoms with Gasteiger partial charge in [0.25, 0.3) is 0 Å². The Morgan fingerprint density at radius 3 is 2.33 bits per heavy atom. The zero-order valence-corrected chi connectivity index (χ0v) is 17.2. The Morgan fingerprint density at radius 1 is 1.22 bits per heavy atom. The lowest BCUT2D eigenvalue weighted by Crippen LogP contribution is -2.51. The van der Waals surface area contributed by atoms with Crippen LogP contribution in [0.1, 0.15) is 46.1 Å². The molecule has 1 aliphatic rings. The number of nitrogens with zero attached hydrogens (tertiary/aromatic N) is 1. The number of halogens is 1. The third-order valence-corrected chi connectivity index (χ3v) is 4.69. The van der Waals surface area contributed by atoms with Gasteiger partial charge in [-0.1, -0.05) is 41.9 Å². The molecule has 0 aromatic heterocycles. The third kappa shape index (κ3) is 6.31. The van der Waals surface area contributed by atoms with Crippen molar-refractivity contribution in [1.82, 2.24) is 10.2 Å². The minimum Gasteiger partial charge on any atom is -0.444 e. The molecule has 1 atom stereocenters. The summed E-state index contributed by atoms with van der Waals surface area (Å²) in [7, 11) is 0. The van der Waals surface area contributed by atoms with Gasteiger partial charge < -0.3 is 19.7 Å². The number of nitrogens with one attached hydrogen (secondary N) is 1. The Kier molecular flexibility index (Phi) is 6.98. The zero-order valence-electron chi connectivity index (χ0n) is 16.5. The molecule has 1 unspecified atom stereocenters. The van der Waals surface area contributed by atoms with Crippen LogP contribution in [-0.2, 0) is 14.9 Å². The second kappa shape index (κ2) is 8.83. The highest BCUT2D eigenvalue weighted by atomic mass is 35.5. The van der Waals surface area contributed by atoms with Gasteiger partial charge >= 0.3 is 12.2 Å². The van der Waals surface area contributed by atoms with Gasteiger partial charge in [0.15, 0.2) is 5.56 Å². The van der Waals surface area contributed by atoms with Crippen molar-refractivity contribution in [1.29, 1.82) is 0 Å². The molecule has 1 saturated heterocycles. The molecule has 1 aliphatic heterocycles. The van der Waals surface area contributed by atoms with E-state index < -0.39 is 23.4 Å². The van der Waals surface area contributed by atoms with Crippen LogP contribution >= 0.6 is 11.6 Å². The summed E-state index contributed by atoms with van der Waals surface area (Å²) in [4.78, 5) is 25.9. The van der Waals surface area contributed by atoms with E-state index in [0.717, 1.165) is 5.56 Å². The lowest BCUT2D eigenvalue weighted by atomic mass is 9.72. The summed E-state index contributed by atoms with van der Waals surface area (Å²) in [6, 6.07) is 10.1. The molecule has 27 heavy (non-hydrogen) atoms. The van der Waals surface area contributed by atoms with E-state index in [2.05, 4.69) is 17.4 Å². The molecular weight excluding hydrogens is 368 g/mol. The van der Waals surface area contributed by atoms with Crippen molar-refractivity contribution >= 4 is 23.8 Å². The van der Waals surface area contributed by atoms with E-state index in [1.165, 1.54) is 0 Å². The first-order valence-corrected chi connectivity index (χ1v) is 9.67. The number of benzene rings is 1. The lowest BCUT2D eigenvalue weighted by Gasteiger charge is -2.42. The van der Waals surface area contributed by atoms with E-state index in [1.807, 2.05) is 39.0 Å². The molecule has 1 aromatic rings. The summed E-state index contributed by atoms with van der Waals surface area (Å²) in [6.45, 7) is 8.63. The first-order chi connectivity index (χ1) is 12.6. The van der Waals surface area contributed by atoms with Crippen LogP contribution in [0.5, 0.6) is 0 Å². The van der Waals surface area contributed by atoms with Gasteiger partial charge in [0.1, 0.15) is 5.60 Å². The predicted molar refractivity (Wildman–Crippen MR) is 105 cm³/mol. The molecule has 0 bridgehead atoms. The average molecular weight is 397 g/mol. The van der Waals surface area contributed by atoms with Crippen LogP contribution < -0.4 is 5.32 Å². The molecule has 0 radical (unpaired) electrons. The number of hydrogen-bond acceptors (Lipinski definition) is 4. The topological polar surface area (TPSA) is 67.9 Å². The normalized spacial score (nSPS) is 17.7. The summed E-state index contributed by atoms with van der Waals surface area (Å²) >= 11 is 5.75. The molecule has 0 aliphatic carbocycles. The van der Waals surface area contributed by atoms with Gasteiger partial charge in [0.05, 0.1) is 0 Å². The number of likely N-dealkylation sites (tertiary alicyclic amines) is 1. The first kappa shape index (κ1) is 21.4. The highest BCUT2D eigenvalue weighted by molar-refractivity contribution is 6.19. The fourth-order valence-corrected chi connectivity index (χ4v) is 3.32. The minimum absolute atomic E-state index is 0.262. The first-order valence-electron chi connectivity index (χ1n) is 9.23. The Hall–Kier alpha value is -1.95. The van der Waals surface area contributed by atoms with Gasteiger partial charge in [0, 0.05) is 25.0 Å². The van der Waals surface area contributed by atoms with Crippen molar-refractivity contribution in [2.75, 3.05) is 19.6 Å². The number of hydrogen-bond donors (Lipinski definition) is 1.